The first-order valence-electron chi connectivity index (χ1n) is 10.0. The summed E-state index contributed by atoms with van der Waals surface area (Å²) in [6.45, 7) is 6.49. The molecule has 6 nitrogen and oxygen atoms in total. The zero-order valence-corrected chi connectivity index (χ0v) is 17.4. The summed E-state index contributed by atoms with van der Waals surface area (Å²) in [7, 11) is 0. The van der Waals surface area contributed by atoms with Crippen molar-refractivity contribution in [3.05, 3.63) is 77.7 Å². The summed E-state index contributed by atoms with van der Waals surface area (Å²) in [6, 6.07) is 18.1. The quantitative estimate of drug-likeness (QED) is 0.484. The molecule has 0 unspecified atom stereocenters. The summed E-state index contributed by atoms with van der Waals surface area (Å²) >= 11 is 0. The summed E-state index contributed by atoms with van der Waals surface area (Å²) in [5.74, 6) is -0.0252. The van der Waals surface area contributed by atoms with E-state index in [1.807, 2.05) is 79.9 Å². The average molecular weight is 399 g/mol. The Labute approximate surface area is 176 Å². The predicted octanol–water partition coefficient (Wildman–Crippen LogP) is 4.89. The van der Waals surface area contributed by atoms with E-state index >= 15 is 0 Å². The number of anilines is 1. The molecule has 6 heteroatoms. The number of nitrogens with zero attached hydrogens (tertiary/aromatic N) is 3. The van der Waals surface area contributed by atoms with Gasteiger partial charge in [-0.05, 0) is 44.0 Å². The molecule has 0 fully saturated rings. The van der Waals surface area contributed by atoms with Crippen molar-refractivity contribution in [1.82, 2.24) is 19.7 Å². The SMILES string of the molecule is Cc1ccc(C)c(NC(=O)CCn2cnc(-c3ccccc3)c2-c2cc(C)[nH]n2)c1. The van der Waals surface area contributed by atoms with Crippen molar-refractivity contribution in [1.29, 1.82) is 0 Å². The molecule has 0 saturated carbocycles. The Morgan fingerprint density at radius 1 is 1.07 bits per heavy atom. The third-order valence-corrected chi connectivity index (χ3v) is 5.08. The van der Waals surface area contributed by atoms with Crippen LogP contribution < -0.4 is 5.32 Å². The molecule has 0 saturated heterocycles. The van der Waals surface area contributed by atoms with E-state index in [-0.39, 0.29) is 5.91 Å². The maximum absolute atomic E-state index is 12.6. The third-order valence-electron chi connectivity index (χ3n) is 5.08. The van der Waals surface area contributed by atoms with Gasteiger partial charge in [-0.1, -0.05) is 42.5 Å². The number of imidazole rings is 1. The van der Waals surface area contributed by atoms with Crippen LogP contribution in [0.15, 0.2) is 60.9 Å². The lowest BCUT2D eigenvalue weighted by atomic mass is 10.1. The van der Waals surface area contributed by atoms with Crippen molar-refractivity contribution in [2.75, 3.05) is 5.32 Å². The zero-order valence-electron chi connectivity index (χ0n) is 17.4. The highest BCUT2D eigenvalue weighted by Gasteiger charge is 2.18. The molecule has 0 aliphatic rings. The molecule has 0 aliphatic carbocycles. The highest BCUT2D eigenvalue weighted by atomic mass is 16.1. The largest absolute Gasteiger partial charge is 0.328 e. The van der Waals surface area contributed by atoms with Gasteiger partial charge in [-0.25, -0.2) is 4.98 Å². The smallest absolute Gasteiger partial charge is 0.226 e. The van der Waals surface area contributed by atoms with Gasteiger partial charge in [0, 0.05) is 29.9 Å². The number of hydrogen-bond donors (Lipinski definition) is 2. The highest BCUT2D eigenvalue weighted by molar-refractivity contribution is 5.91. The number of carbonyl (C=O) groups excluding carboxylic acids is 1. The monoisotopic (exact) mass is 399 g/mol. The Morgan fingerprint density at radius 2 is 1.87 bits per heavy atom. The van der Waals surface area contributed by atoms with Gasteiger partial charge in [-0.2, -0.15) is 5.10 Å². The molecule has 1 amide bonds. The van der Waals surface area contributed by atoms with Gasteiger partial charge in [0.1, 0.15) is 5.69 Å². The van der Waals surface area contributed by atoms with Gasteiger partial charge in [0.2, 0.25) is 5.91 Å². The van der Waals surface area contributed by atoms with Crippen molar-refractivity contribution in [3.63, 3.8) is 0 Å². The highest BCUT2D eigenvalue weighted by Crippen LogP contribution is 2.30. The van der Waals surface area contributed by atoms with Gasteiger partial charge in [-0.3, -0.25) is 9.89 Å². The van der Waals surface area contributed by atoms with Crippen LogP contribution in [0.4, 0.5) is 5.69 Å². The number of amides is 1. The van der Waals surface area contributed by atoms with Gasteiger partial charge in [0.15, 0.2) is 0 Å². The standard InChI is InChI=1S/C24H25N5O/c1-16-9-10-17(2)20(13-16)26-22(30)11-12-29-15-25-23(19-7-5-4-6-8-19)24(29)21-14-18(3)27-28-21/h4-10,13-15H,11-12H2,1-3H3,(H,26,30)(H,27,28). The van der Waals surface area contributed by atoms with Crippen LogP contribution in [-0.4, -0.2) is 25.7 Å². The molecule has 0 spiro atoms. The van der Waals surface area contributed by atoms with Gasteiger partial charge >= 0.3 is 0 Å². The lowest BCUT2D eigenvalue weighted by Crippen LogP contribution is -2.15. The van der Waals surface area contributed by atoms with E-state index < -0.39 is 0 Å². The first-order valence-corrected chi connectivity index (χ1v) is 10.0. The van der Waals surface area contributed by atoms with Crippen LogP contribution in [-0.2, 0) is 11.3 Å². The Morgan fingerprint density at radius 3 is 2.60 bits per heavy atom. The topological polar surface area (TPSA) is 75.6 Å². The molecular weight excluding hydrogens is 374 g/mol. The van der Waals surface area contributed by atoms with E-state index in [0.717, 1.165) is 45.2 Å². The van der Waals surface area contributed by atoms with Gasteiger partial charge in [-0.15, -0.1) is 0 Å². The first-order chi connectivity index (χ1) is 14.5. The van der Waals surface area contributed by atoms with E-state index in [2.05, 4.69) is 20.5 Å². The summed E-state index contributed by atoms with van der Waals surface area (Å²) < 4.78 is 2.00. The molecule has 2 N–H and O–H groups in total. The normalized spacial score (nSPS) is 10.9. The summed E-state index contributed by atoms with van der Waals surface area (Å²) in [6.07, 6.45) is 2.13. The number of H-pyrrole nitrogens is 1. The summed E-state index contributed by atoms with van der Waals surface area (Å²) in [5.41, 5.74) is 7.61. The average Bonchev–Trinajstić information content (AvgIpc) is 3.35. The van der Waals surface area contributed by atoms with Gasteiger partial charge in [0.05, 0.1) is 17.7 Å². The Bertz CT molecular complexity index is 1170. The van der Waals surface area contributed by atoms with Crippen molar-refractivity contribution in [3.8, 4) is 22.6 Å². The number of aromatic nitrogens is 4. The van der Waals surface area contributed by atoms with Gasteiger partial charge < -0.3 is 9.88 Å². The van der Waals surface area contributed by atoms with Crippen LogP contribution in [0, 0.1) is 20.8 Å². The maximum atomic E-state index is 12.6. The molecule has 2 heterocycles. The number of aryl methyl sites for hydroxylation is 4. The minimum absolute atomic E-state index is 0.0252. The molecule has 2 aromatic heterocycles. The van der Waals surface area contributed by atoms with Gasteiger partial charge in [0.25, 0.3) is 0 Å². The Balaban J connectivity index is 1.58. The van der Waals surface area contributed by atoms with E-state index in [0.29, 0.717) is 13.0 Å². The molecule has 4 aromatic rings. The van der Waals surface area contributed by atoms with E-state index in [9.17, 15) is 4.79 Å². The Kier molecular flexibility index (Phi) is 5.48. The second kappa shape index (κ2) is 8.37. The molecule has 4 rings (SSSR count). The number of hydrogen-bond acceptors (Lipinski definition) is 3. The zero-order chi connectivity index (χ0) is 21.1. The number of rotatable bonds is 6. The second-order valence-electron chi connectivity index (χ2n) is 7.55. The molecule has 0 radical (unpaired) electrons. The van der Waals surface area contributed by atoms with Crippen LogP contribution in [0.5, 0.6) is 0 Å². The van der Waals surface area contributed by atoms with Crippen LogP contribution in [0.2, 0.25) is 0 Å². The Hall–Kier alpha value is -3.67. The van der Waals surface area contributed by atoms with Crippen LogP contribution in [0.25, 0.3) is 22.6 Å². The molecule has 0 aliphatic heterocycles. The number of nitrogens with one attached hydrogen (secondary N) is 2. The molecular formula is C24H25N5O. The number of carbonyl (C=O) groups is 1. The fraction of sp³-hybridized carbons (Fsp3) is 0.208. The number of aromatic amines is 1. The molecule has 152 valence electrons. The lowest BCUT2D eigenvalue weighted by Gasteiger charge is -2.11. The third kappa shape index (κ3) is 4.17. The lowest BCUT2D eigenvalue weighted by molar-refractivity contribution is -0.116. The molecule has 30 heavy (non-hydrogen) atoms. The van der Waals surface area contributed by atoms with E-state index in [1.54, 1.807) is 6.33 Å². The van der Waals surface area contributed by atoms with Crippen LogP contribution >= 0.6 is 0 Å². The summed E-state index contributed by atoms with van der Waals surface area (Å²) in [5, 5.41) is 10.5. The minimum Gasteiger partial charge on any atom is -0.328 e. The predicted molar refractivity (Wildman–Crippen MR) is 119 cm³/mol. The molecule has 2 aromatic carbocycles. The number of benzene rings is 2. The van der Waals surface area contributed by atoms with Crippen molar-refractivity contribution in [2.45, 2.75) is 33.7 Å². The molecule has 0 atom stereocenters. The summed E-state index contributed by atoms with van der Waals surface area (Å²) in [4.78, 5) is 17.2. The van der Waals surface area contributed by atoms with Crippen LogP contribution in [0.3, 0.4) is 0 Å². The maximum Gasteiger partial charge on any atom is 0.226 e. The minimum atomic E-state index is -0.0252. The van der Waals surface area contributed by atoms with E-state index in [4.69, 9.17) is 0 Å². The fourth-order valence-corrected chi connectivity index (χ4v) is 3.47. The van der Waals surface area contributed by atoms with Crippen molar-refractivity contribution in [2.24, 2.45) is 0 Å². The first kappa shape index (κ1) is 19.6. The van der Waals surface area contributed by atoms with E-state index in [1.165, 1.54) is 0 Å². The van der Waals surface area contributed by atoms with Crippen LogP contribution in [0.1, 0.15) is 23.2 Å². The van der Waals surface area contributed by atoms with Crippen molar-refractivity contribution < 1.29 is 4.79 Å². The fourth-order valence-electron chi connectivity index (χ4n) is 3.47. The second-order valence-corrected chi connectivity index (χ2v) is 7.55. The van der Waals surface area contributed by atoms with Crippen molar-refractivity contribution >= 4 is 11.6 Å². The molecule has 0 bridgehead atoms.